The molecule has 0 saturated carbocycles. The first kappa shape index (κ1) is 19.4. The fourth-order valence-electron chi connectivity index (χ4n) is 3.50. The van der Waals surface area contributed by atoms with Crippen molar-refractivity contribution in [3.05, 3.63) is 65.7 Å². The zero-order chi connectivity index (χ0) is 18.9. The van der Waals surface area contributed by atoms with Gasteiger partial charge in [-0.2, -0.15) is 0 Å². The molecular formula is C23H30N2O2. The molecule has 1 atom stereocenters. The summed E-state index contributed by atoms with van der Waals surface area (Å²) in [6.45, 7) is 5.87. The summed E-state index contributed by atoms with van der Waals surface area (Å²) >= 11 is 0. The molecule has 1 aliphatic rings. The Morgan fingerprint density at radius 3 is 2.52 bits per heavy atom. The van der Waals surface area contributed by atoms with Gasteiger partial charge in [0.1, 0.15) is 5.75 Å². The quantitative estimate of drug-likeness (QED) is 0.763. The molecule has 1 N–H and O–H groups in total. The number of benzene rings is 2. The second kappa shape index (κ2) is 10.1. The van der Waals surface area contributed by atoms with E-state index < -0.39 is 6.10 Å². The lowest BCUT2D eigenvalue weighted by atomic mass is 10.1. The number of carbonyl (C=O) groups is 1. The molecule has 0 radical (unpaired) electrons. The predicted octanol–water partition coefficient (Wildman–Crippen LogP) is 4.15. The van der Waals surface area contributed by atoms with Crippen LogP contribution in [0, 0.1) is 0 Å². The topological polar surface area (TPSA) is 41.6 Å². The zero-order valence-corrected chi connectivity index (χ0v) is 16.2. The Bertz CT molecular complexity index is 711. The van der Waals surface area contributed by atoms with Crippen molar-refractivity contribution in [3.8, 4) is 5.75 Å². The van der Waals surface area contributed by atoms with Crippen molar-refractivity contribution >= 4 is 5.91 Å². The van der Waals surface area contributed by atoms with Crippen LogP contribution in [0.3, 0.4) is 0 Å². The van der Waals surface area contributed by atoms with Crippen molar-refractivity contribution in [1.82, 2.24) is 10.2 Å². The van der Waals surface area contributed by atoms with Crippen LogP contribution < -0.4 is 10.1 Å². The Morgan fingerprint density at radius 1 is 1.04 bits per heavy atom. The summed E-state index contributed by atoms with van der Waals surface area (Å²) in [6, 6.07) is 18.0. The van der Waals surface area contributed by atoms with Crippen LogP contribution >= 0.6 is 0 Å². The molecule has 1 unspecified atom stereocenters. The molecule has 1 amide bonds. The van der Waals surface area contributed by atoms with Gasteiger partial charge in [0.25, 0.3) is 5.91 Å². The number of hydrogen-bond donors (Lipinski definition) is 1. The van der Waals surface area contributed by atoms with Crippen molar-refractivity contribution < 1.29 is 9.53 Å². The van der Waals surface area contributed by atoms with Crippen molar-refractivity contribution in [3.63, 3.8) is 0 Å². The summed E-state index contributed by atoms with van der Waals surface area (Å²) in [7, 11) is 0. The van der Waals surface area contributed by atoms with Gasteiger partial charge in [-0.15, -0.1) is 0 Å². The summed E-state index contributed by atoms with van der Waals surface area (Å²) < 4.78 is 5.82. The van der Waals surface area contributed by atoms with Gasteiger partial charge in [-0.05, 0) is 55.6 Å². The van der Waals surface area contributed by atoms with Crippen molar-refractivity contribution in [1.29, 1.82) is 0 Å². The number of piperidine rings is 1. The molecule has 0 aliphatic carbocycles. The largest absolute Gasteiger partial charge is 0.481 e. The molecule has 3 rings (SSSR count). The van der Waals surface area contributed by atoms with E-state index in [1.54, 1.807) is 0 Å². The van der Waals surface area contributed by atoms with E-state index in [9.17, 15) is 4.79 Å². The van der Waals surface area contributed by atoms with Crippen LogP contribution in [0.5, 0.6) is 5.75 Å². The van der Waals surface area contributed by atoms with Crippen molar-refractivity contribution in [2.75, 3.05) is 13.1 Å². The third-order valence-electron chi connectivity index (χ3n) is 5.00. The number of ether oxygens (including phenoxy) is 1. The van der Waals surface area contributed by atoms with Gasteiger partial charge >= 0.3 is 0 Å². The Balaban J connectivity index is 1.52. The van der Waals surface area contributed by atoms with Gasteiger partial charge in [0, 0.05) is 13.1 Å². The van der Waals surface area contributed by atoms with Gasteiger partial charge in [0.15, 0.2) is 6.10 Å². The van der Waals surface area contributed by atoms with Crippen molar-refractivity contribution in [2.45, 2.75) is 51.8 Å². The summed E-state index contributed by atoms with van der Waals surface area (Å²) in [5.74, 6) is 0.658. The maximum atomic E-state index is 12.5. The fraction of sp³-hybridized carbons (Fsp3) is 0.435. The average molecular weight is 367 g/mol. The lowest BCUT2D eigenvalue weighted by molar-refractivity contribution is -0.128. The van der Waals surface area contributed by atoms with Gasteiger partial charge in [-0.25, -0.2) is 0 Å². The average Bonchev–Trinajstić information content (AvgIpc) is 2.72. The minimum absolute atomic E-state index is 0.0669. The Kier molecular flexibility index (Phi) is 7.28. The standard InChI is InChI=1S/C23H30N2O2/c1-2-22(27-21-12-5-3-6-13-21)23(26)24-17-19-10-9-11-20(16-19)18-25-14-7-4-8-15-25/h3,5-6,9-13,16,22H,2,4,7-8,14-15,17-18H2,1H3,(H,24,26). The van der Waals surface area contributed by atoms with E-state index in [1.807, 2.05) is 37.3 Å². The van der Waals surface area contributed by atoms with E-state index in [0.29, 0.717) is 13.0 Å². The molecular weight excluding hydrogens is 336 g/mol. The Labute approximate surface area is 162 Å². The van der Waals surface area contributed by atoms with E-state index in [0.717, 1.165) is 17.9 Å². The number of carbonyl (C=O) groups excluding carboxylic acids is 1. The number of nitrogens with zero attached hydrogens (tertiary/aromatic N) is 1. The predicted molar refractivity (Wildman–Crippen MR) is 109 cm³/mol. The maximum absolute atomic E-state index is 12.5. The molecule has 0 bridgehead atoms. The van der Waals surface area contributed by atoms with Gasteiger partial charge in [-0.3, -0.25) is 9.69 Å². The third-order valence-corrected chi connectivity index (χ3v) is 5.00. The molecule has 0 spiro atoms. The van der Waals surface area contributed by atoms with Gasteiger partial charge in [-0.1, -0.05) is 55.8 Å². The van der Waals surface area contributed by atoms with E-state index in [4.69, 9.17) is 4.74 Å². The number of hydrogen-bond acceptors (Lipinski definition) is 3. The van der Waals surface area contributed by atoms with E-state index in [-0.39, 0.29) is 5.91 Å². The smallest absolute Gasteiger partial charge is 0.261 e. The molecule has 27 heavy (non-hydrogen) atoms. The molecule has 1 aliphatic heterocycles. The third kappa shape index (κ3) is 6.10. The molecule has 2 aromatic rings. The van der Waals surface area contributed by atoms with E-state index >= 15 is 0 Å². The van der Waals surface area contributed by atoms with Crippen LogP contribution in [0.4, 0.5) is 0 Å². The first-order valence-electron chi connectivity index (χ1n) is 10.0. The summed E-state index contributed by atoms with van der Waals surface area (Å²) in [5.41, 5.74) is 2.45. The van der Waals surface area contributed by atoms with Crippen LogP contribution in [-0.4, -0.2) is 30.0 Å². The summed E-state index contributed by atoms with van der Waals surface area (Å²) in [4.78, 5) is 15.0. The second-order valence-corrected chi connectivity index (χ2v) is 7.20. The highest BCUT2D eigenvalue weighted by molar-refractivity contribution is 5.81. The second-order valence-electron chi connectivity index (χ2n) is 7.20. The number of rotatable bonds is 8. The fourth-order valence-corrected chi connectivity index (χ4v) is 3.50. The number of amides is 1. The first-order chi connectivity index (χ1) is 13.2. The van der Waals surface area contributed by atoms with Crippen LogP contribution in [-0.2, 0) is 17.9 Å². The van der Waals surface area contributed by atoms with Crippen molar-refractivity contribution in [2.24, 2.45) is 0 Å². The van der Waals surface area contributed by atoms with Crippen LogP contribution in [0.1, 0.15) is 43.7 Å². The lowest BCUT2D eigenvalue weighted by Gasteiger charge is -2.26. The SMILES string of the molecule is CCC(Oc1ccccc1)C(=O)NCc1cccc(CN2CCCCC2)c1. The van der Waals surface area contributed by atoms with Crippen LogP contribution in [0.2, 0.25) is 0 Å². The molecule has 1 fully saturated rings. The normalized spacial score (nSPS) is 15.9. The Morgan fingerprint density at radius 2 is 1.78 bits per heavy atom. The van der Waals surface area contributed by atoms with Crippen LogP contribution in [0.25, 0.3) is 0 Å². The van der Waals surface area contributed by atoms with Crippen LogP contribution in [0.15, 0.2) is 54.6 Å². The maximum Gasteiger partial charge on any atom is 0.261 e. The zero-order valence-electron chi connectivity index (χ0n) is 16.2. The molecule has 1 heterocycles. The first-order valence-corrected chi connectivity index (χ1v) is 10.0. The molecule has 0 aromatic heterocycles. The molecule has 2 aromatic carbocycles. The highest BCUT2D eigenvalue weighted by atomic mass is 16.5. The number of para-hydroxylation sites is 1. The minimum Gasteiger partial charge on any atom is -0.481 e. The van der Waals surface area contributed by atoms with Gasteiger partial charge in [0.2, 0.25) is 0 Å². The molecule has 4 nitrogen and oxygen atoms in total. The lowest BCUT2D eigenvalue weighted by Crippen LogP contribution is -2.37. The molecule has 4 heteroatoms. The highest BCUT2D eigenvalue weighted by Crippen LogP contribution is 2.15. The van der Waals surface area contributed by atoms with Gasteiger partial charge in [0.05, 0.1) is 0 Å². The van der Waals surface area contributed by atoms with E-state index in [1.165, 1.54) is 37.9 Å². The monoisotopic (exact) mass is 366 g/mol. The van der Waals surface area contributed by atoms with Gasteiger partial charge < -0.3 is 10.1 Å². The van der Waals surface area contributed by atoms with E-state index in [2.05, 4.69) is 34.5 Å². The number of likely N-dealkylation sites (tertiary alicyclic amines) is 1. The number of nitrogens with one attached hydrogen (secondary N) is 1. The summed E-state index contributed by atoms with van der Waals surface area (Å²) in [5, 5.41) is 3.02. The minimum atomic E-state index is -0.469. The molecule has 144 valence electrons. The Hall–Kier alpha value is -2.33. The molecule has 1 saturated heterocycles. The summed E-state index contributed by atoms with van der Waals surface area (Å²) in [6.07, 6.45) is 4.12. The highest BCUT2D eigenvalue weighted by Gasteiger charge is 2.18.